The van der Waals surface area contributed by atoms with Gasteiger partial charge in [-0.05, 0) is 39.9 Å². The number of fused-ring (bicyclic) bond motifs is 6. The molecule has 0 saturated heterocycles. The standard InChI is InChI=1S/C51H31N3OS/c1-4-14-32(15-5-1)33-28-30-36(31-29-33)49-52-50(43-26-12-23-40-39-22-10-20-37(45(39)55-46(40)43)34-16-6-2-7-17-34)54-51(53-49)44-27-13-25-42-41-24-11-21-38(47(41)56-48(42)44)35-18-8-3-9-19-35/h1-31H. The second-order valence-electron chi connectivity index (χ2n) is 13.9. The molecule has 8 aromatic carbocycles. The maximum absolute atomic E-state index is 6.85. The predicted octanol–water partition coefficient (Wildman–Crippen LogP) is 14.1. The van der Waals surface area contributed by atoms with Crippen molar-refractivity contribution in [2.24, 2.45) is 0 Å². The zero-order chi connectivity index (χ0) is 37.0. The monoisotopic (exact) mass is 733 g/mol. The molecule has 56 heavy (non-hydrogen) atoms. The van der Waals surface area contributed by atoms with Gasteiger partial charge < -0.3 is 4.42 Å². The van der Waals surface area contributed by atoms with Crippen LogP contribution in [0.25, 0.3) is 110 Å². The number of para-hydroxylation sites is 2. The molecule has 0 radical (unpaired) electrons. The molecule has 0 unspecified atom stereocenters. The summed E-state index contributed by atoms with van der Waals surface area (Å²) in [5.41, 5.74) is 11.2. The summed E-state index contributed by atoms with van der Waals surface area (Å²) in [7, 11) is 0. The van der Waals surface area contributed by atoms with Crippen molar-refractivity contribution in [2.45, 2.75) is 0 Å². The Kier molecular flexibility index (Phi) is 7.64. The van der Waals surface area contributed by atoms with Gasteiger partial charge in [0, 0.05) is 47.6 Å². The normalized spacial score (nSPS) is 11.6. The maximum atomic E-state index is 6.85. The average molecular weight is 734 g/mol. The molecule has 0 amide bonds. The lowest BCUT2D eigenvalue weighted by Gasteiger charge is -2.10. The quantitative estimate of drug-likeness (QED) is 0.171. The number of benzene rings is 8. The van der Waals surface area contributed by atoms with E-state index in [4.69, 9.17) is 19.4 Å². The lowest BCUT2D eigenvalue weighted by atomic mass is 10.0. The van der Waals surface area contributed by atoms with E-state index < -0.39 is 0 Å². The van der Waals surface area contributed by atoms with Crippen LogP contribution in [0.4, 0.5) is 0 Å². The molecule has 5 heteroatoms. The molecule has 0 aliphatic heterocycles. The zero-order valence-electron chi connectivity index (χ0n) is 30.1. The number of rotatable bonds is 6. The van der Waals surface area contributed by atoms with Crippen molar-refractivity contribution in [1.82, 2.24) is 15.0 Å². The van der Waals surface area contributed by atoms with Crippen LogP contribution in [0.5, 0.6) is 0 Å². The van der Waals surface area contributed by atoms with Crippen LogP contribution < -0.4 is 0 Å². The van der Waals surface area contributed by atoms with Crippen LogP contribution in [0.3, 0.4) is 0 Å². The number of nitrogens with zero attached hydrogens (tertiary/aromatic N) is 3. The first-order chi connectivity index (χ1) is 27.8. The van der Waals surface area contributed by atoms with E-state index in [9.17, 15) is 0 Å². The van der Waals surface area contributed by atoms with E-state index in [1.807, 2.05) is 12.1 Å². The van der Waals surface area contributed by atoms with Crippen LogP contribution in [-0.4, -0.2) is 15.0 Å². The van der Waals surface area contributed by atoms with Crippen LogP contribution in [0.1, 0.15) is 0 Å². The maximum Gasteiger partial charge on any atom is 0.167 e. The molecular formula is C51H31N3OS. The summed E-state index contributed by atoms with van der Waals surface area (Å²) >= 11 is 1.79. The molecule has 0 saturated carbocycles. The number of furan rings is 1. The van der Waals surface area contributed by atoms with Gasteiger partial charge in [0.15, 0.2) is 17.5 Å². The lowest BCUT2D eigenvalue weighted by Crippen LogP contribution is -2.00. The van der Waals surface area contributed by atoms with Gasteiger partial charge in [-0.1, -0.05) is 176 Å². The summed E-state index contributed by atoms with van der Waals surface area (Å²) in [6.07, 6.45) is 0. The fraction of sp³-hybridized carbons (Fsp3) is 0. The highest BCUT2D eigenvalue weighted by molar-refractivity contribution is 7.26. The molecule has 0 bridgehead atoms. The van der Waals surface area contributed by atoms with Crippen LogP contribution in [0.15, 0.2) is 192 Å². The van der Waals surface area contributed by atoms with Gasteiger partial charge in [-0.15, -0.1) is 11.3 Å². The fourth-order valence-corrected chi connectivity index (χ4v) is 9.22. The molecule has 262 valence electrons. The third-order valence-electron chi connectivity index (χ3n) is 10.6. The predicted molar refractivity (Wildman–Crippen MR) is 233 cm³/mol. The second-order valence-corrected chi connectivity index (χ2v) is 14.9. The molecular weight excluding hydrogens is 703 g/mol. The lowest BCUT2D eigenvalue weighted by molar-refractivity contribution is 0.670. The summed E-state index contributed by atoms with van der Waals surface area (Å²) in [5.74, 6) is 1.78. The Morgan fingerprint density at radius 2 is 0.696 bits per heavy atom. The van der Waals surface area contributed by atoms with Crippen molar-refractivity contribution < 1.29 is 4.42 Å². The van der Waals surface area contributed by atoms with E-state index in [0.717, 1.165) is 65.6 Å². The molecule has 11 rings (SSSR count). The topological polar surface area (TPSA) is 51.8 Å². The molecule has 3 heterocycles. The Bertz CT molecular complexity index is 3050. The van der Waals surface area contributed by atoms with Crippen molar-refractivity contribution >= 4 is 53.4 Å². The van der Waals surface area contributed by atoms with E-state index >= 15 is 0 Å². The van der Waals surface area contributed by atoms with Crippen molar-refractivity contribution in [3.63, 3.8) is 0 Å². The van der Waals surface area contributed by atoms with Crippen LogP contribution >= 0.6 is 11.3 Å². The van der Waals surface area contributed by atoms with Crippen molar-refractivity contribution in [2.75, 3.05) is 0 Å². The molecule has 0 aliphatic rings. The van der Waals surface area contributed by atoms with Gasteiger partial charge in [0.2, 0.25) is 0 Å². The summed E-state index contributed by atoms with van der Waals surface area (Å²) in [4.78, 5) is 15.7. The Morgan fingerprint density at radius 3 is 1.32 bits per heavy atom. The first-order valence-corrected chi connectivity index (χ1v) is 19.5. The molecule has 3 aromatic heterocycles. The molecule has 0 atom stereocenters. The minimum atomic E-state index is 0.561. The molecule has 4 nitrogen and oxygen atoms in total. The van der Waals surface area contributed by atoms with Gasteiger partial charge in [0.25, 0.3) is 0 Å². The van der Waals surface area contributed by atoms with Crippen molar-refractivity contribution in [3.8, 4) is 67.5 Å². The number of aromatic nitrogens is 3. The van der Waals surface area contributed by atoms with Gasteiger partial charge in [-0.25, -0.2) is 15.0 Å². The molecule has 0 N–H and O–H groups in total. The van der Waals surface area contributed by atoms with Crippen molar-refractivity contribution in [1.29, 1.82) is 0 Å². The summed E-state index contributed by atoms with van der Waals surface area (Å²) in [6, 6.07) is 65.5. The van der Waals surface area contributed by atoms with E-state index in [2.05, 4.69) is 176 Å². The molecule has 11 aromatic rings. The van der Waals surface area contributed by atoms with Gasteiger partial charge >= 0.3 is 0 Å². The zero-order valence-corrected chi connectivity index (χ0v) is 30.9. The molecule has 0 aliphatic carbocycles. The van der Waals surface area contributed by atoms with Gasteiger partial charge in [-0.3, -0.25) is 0 Å². The highest BCUT2D eigenvalue weighted by Crippen LogP contribution is 2.44. The molecule has 0 fully saturated rings. The van der Waals surface area contributed by atoms with Crippen molar-refractivity contribution in [3.05, 3.63) is 188 Å². The molecule has 0 spiro atoms. The largest absolute Gasteiger partial charge is 0.455 e. The first kappa shape index (κ1) is 32.2. The van der Waals surface area contributed by atoms with E-state index in [0.29, 0.717) is 17.5 Å². The third-order valence-corrected chi connectivity index (χ3v) is 11.9. The summed E-state index contributed by atoms with van der Waals surface area (Å²) in [6.45, 7) is 0. The van der Waals surface area contributed by atoms with Gasteiger partial charge in [0.1, 0.15) is 11.2 Å². The van der Waals surface area contributed by atoms with Gasteiger partial charge in [0.05, 0.1) is 5.56 Å². The van der Waals surface area contributed by atoms with E-state index in [1.165, 1.54) is 26.6 Å². The Morgan fingerprint density at radius 1 is 0.286 bits per heavy atom. The number of hydrogen-bond donors (Lipinski definition) is 0. The third kappa shape index (κ3) is 5.40. The summed E-state index contributed by atoms with van der Waals surface area (Å²) in [5, 5.41) is 4.48. The Labute approximate surface area is 327 Å². The SMILES string of the molecule is c1ccc(-c2ccc(-c3nc(-c4cccc5c4oc4c(-c6ccccc6)cccc45)nc(-c4cccc5c4sc4c(-c6ccccc6)cccc45)n3)cc2)cc1. The average Bonchev–Trinajstić information content (AvgIpc) is 3.86. The number of hydrogen-bond acceptors (Lipinski definition) is 5. The first-order valence-electron chi connectivity index (χ1n) is 18.7. The Hall–Kier alpha value is -7.21. The fourth-order valence-electron chi connectivity index (χ4n) is 7.87. The van der Waals surface area contributed by atoms with Crippen LogP contribution in [-0.2, 0) is 0 Å². The highest BCUT2D eigenvalue weighted by atomic mass is 32.1. The second kappa shape index (κ2) is 13.3. The number of thiophene rings is 1. The smallest absolute Gasteiger partial charge is 0.167 e. The minimum absolute atomic E-state index is 0.561. The van der Waals surface area contributed by atoms with Crippen LogP contribution in [0.2, 0.25) is 0 Å². The van der Waals surface area contributed by atoms with Gasteiger partial charge in [-0.2, -0.15) is 0 Å². The van der Waals surface area contributed by atoms with Crippen LogP contribution in [0, 0.1) is 0 Å². The van der Waals surface area contributed by atoms with E-state index in [1.54, 1.807) is 11.3 Å². The Balaban J connectivity index is 1.14. The van der Waals surface area contributed by atoms with E-state index in [-0.39, 0.29) is 0 Å². The highest BCUT2D eigenvalue weighted by Gasteiger charge is 2.21. The summed E-state index contributed by atoms with van der Waals surface area (Å²) < 4.78 is 9.23. The minimum Gasteiger partial charge on any atom is -0.455 e.